The largest absolute Gasteiger partial charge is 0.394 e. The lowest BCUT2D eigenvalue weighted by Crippen LogP contribution is -2.31. The van der Waals surface area contributed by atoms with Crippen molar-refractivity contribution in [3.63, 3.8) is 0 Å². The highest BCUT2D eigenvalue weighted by atomic mass is 32.2. The number of ether oxygens (including phenoxy) is 1. The summed E-state index contributed by atoms with van der Waals surface area (Å²) in [7, 11) is 0. The van der Waals surface area contributed by atoms with Crippen molar-refractivity contribution in [1.29, 1.82) is 0 Å². The van der Waals surface area contributed by atoms with E-state index in [1.165, 1.54) is 6.33 Å². The minimum atomic E-state index is -0.747. The van der Waals surface area contributed by atoms with Crippen molar-refractivity contribution in [2.24, 2.45) is 0 Å². The maximum atomic E-state index is 10.4. The van der Waals surface area contributed by atoms with Crippen molar-refractivity contribution in [3.05, 3.63) is 12.7 Å². The van der Waals surface area contributed by atoms with Crippen LogP contribution in [0.3, 0.4) is 0 Å². The number of aliphatic hydroxyl groups excluding tert-OH is 2. The van der Waals surface area contributed by atoms with Crippen LogP contribution in [0.25, 0.3) is 11.2 Å². The molecular weight excluding hydrogens is 306 g/mol. The van der Waals surface area contributed by atoms with Gasteiger partial charge in [-0.1, -0.05) is 6.92 Å². The Labute approximate surface area is 131 Å². The molecule has 2 aromatic heterocycles. The first-order valence-corrected chi connectivity index (χ1v) is 8.21. The third-order valence-corrected chi connectivity index (χ3v) is 5.21. The highest BCUT2D eigenvalue weighted by molar-refractivity contribution is 8.00. The number of thioether (sulfide) groups is 1. The lowest BCUT2D eigenvalue weighted by molar-refractivity contribution is -0.0430. The van der Waals surface area contributed by atoms with Crippen molar-refractivity contribution in [3.8, 4) is 0 Å². The Morgan fingerprint density at radius 2 is 2.23 bits per heavy atom. The molecule has 0 aliphatic carbocycles. The van der Waals surface area contributed by atoms with Crippen LogP contribution in [-0.2, 0) is 4.74 Å². The van der Waals surface area contributed by atoms with E-state index in [9.17, 15) is 10.2 Å². The van der Waals surface area contributed by atoms with Gasteiger partial charge in [0.1, 0.15) is 17.9 Å². The molecule has 120 valence electrons. The van der Waals surface area contributed by atoms with Gasteiger partial charge < -0.3 is 20.7 Å². The molecule has 0 aromatic carbocycles. The quantitative estimate of drug-likeness (QED) is 0.712. The van der Waals surface area contributed by atoms with Gasteiger partial charge in [-0.2, -0.15) is 11.8 Å². The van der Waals surface area contributed by atoms with Gasteiger partial charge >= 0.3 is 0 Å². The summed E-state index contributed by atoms with van der Waals surface area (Å²) >= 11 is 1.62. The SMILES string of the molecule is CCCSC1C(O)[C@@H](CO)O[C@H]1n1cnc2c(N)ncnc21. The first-order valence-electron chi connectivity index (χ1n) is 7.16. The molecule has 9 heteroatoms. The number of rotatable bonds is 5. The molecule has 0 spiro atoms. The number of anilines is 1. The van der Waals surface area contributed by atoms with Gasteiger partial charge in [-0.05, 0) is 12.2 Å². The van der Waals surface area contributed by atoms with E-state index in [1.807, 2.05) is 0 Å². The molecule has 1 saturated heterocycles. The zero-order valence-electron chi connectivity index (χ0n) is 12.2. The summed E-state index contributed by atoms with van der Waals surface area (Å²) in [5.41, 5.74) is 6.87. The number of aliphatic hydroxyl groups is 2. The first-order chi connectivity index (χ1) is 10.7. The molecule has 1 aliphatic heterocycles. The second-order valence-electron chi connectivity index (χ2n) is 5.16. The minimum absolute atomic E-state index is 0.203. The first kappa shape index (κ1) is 15.5. The maximum Gasteiger partial charge on any atom is 0.167 e. The molecular formula is C13H19N5O3S. The highest BCUT2D eigenvalue weighted by Crippen LogP contribution is 2.39. The van der Waals surface area contributed by atoms with Gasteiger partial charge in [-0.25, -0.2) is 15.0 Å². The van der Waals surface area contributed by atoms with E-state index in [0.29, 0.717) is 17.0 Å². The molecule has 2 unspecified atom stereocenters. The maximum absolute atomic E-state index is 10.4. The molecule has 4 N–H and O–H groups in total. The molecule has 0 saturated carbocycles. The number of aromatic nitrogens is 4. The molecule has 1 aliphatic rings. The van der Waals surface area contributed by atoms with E-state index in [4.69, 9.17) is 10.5 Å². The highest BCUT2D eigenvalue weighted by Gasteiger charge is 2.45. The van der Waals surface area contributed by atoms with E-state index in [1.54, 1.807) is 22.7 Å². The standard InChI is InChI=1S/C13H19N5O3S/c1-2-3-22-10-9(20)7(4-19)21-13(10)18-6-17-8-11(14)15-5-16-12(8)18/h5-7,9-10,13,19-20H,2-4H2,1H3,(H2,14,15,16)/t7-,9?,10?,13-/m1/s1. The zero-order valence-corrected chi connectivity index (χ0v) is 13.0. The van der Waals surface area contributed by atoms with E-state index in [0.717, 1.165) is 12.2 Å². The third kappa shape index (κ3) is 2.54. The number of nitrogens with zero attached hydrogens (tertiary/aromatic N) is 4. The number of imidazole rings is 1. The lowest BCUT2D eigenvalue weighted by atomic mass is 10.2. The van der Waals surface area contributed by atoms with Crippen LogP contribution in [0.2, 0.25) is 0 Å². The summed E-state index contributed by atoms with van der Waals surface area (Å²) in [6, 6.07) is 0. The summed E-state index contributed by atoms with van der Waals surface area (Å²) in [5.74, 6) is 1.20. The fraction of sp³-hybridized carbons (Fsp3) is 0.615. The Morgan fingerprint density at radius 3 is 2.95 bits per heavy atom. The fourth-order valence-electron chi connectivity index (χ4n) is 2.58. The second kappa shape index (κ2) is 6.37. The number of hydrogen-bond acceptors (Lipinski definition) is 8. The lowest BCUT2D eigenvalue weighted by Gasteiger charge is -2.20. The van der Waals surface area contributed by atoms with Gasteiger partial charge in [0.2, 0.25) is 0 Å². The smallest absolute Gasteiger partial charge is 0.167 e. The van der Waals surface area contributed by atoms with Gasteiger partial charge in [0.25, 0.3) is 0 Å². The Kier molecular flexibility index (Phi) is 4.48. The zero-order chi connectivity index (χ0) is 15.7. The minimum Gasteiger partial charge on any atom is -0.394 e. The molecule has 0 amide bonds. The molecule has 1 fully saturated rings. The van der Waals surface area contributed by atoms with Gasteiger partial charge in [0, 0.05) is 0 Å². The summed E-state index contributed by atoms with van der Waals surface area (Å²) in [5, 5.41) is 19.6. The molecule has 2 aromatic rings. The summed E-state index contributed by atoms with van der Waals surface area (Å²) in [6.45, 7) is 1.85. The van der Waals surface area contributed by atoms with E-state index in [-0.39, 0.29) is 11.9 Å². The van der Waals surface area contributed by atoms with Crippen LogP contribution in [0.4, 0.5) is 5.82 Å². The van der Waals surface area contributed by atoms with Crippen LogP contribution in [-0.4, -0.2) is 59.5 Å². The summed E-state index contributed by atoms with van der Waals surface area (Å²) in [4.78, 5) is 12.4. The van der Waals surface area contributed by atoms with Crippen LogP contribution < -0.4 is 5.73 Å². The number of nitrogen functional groups attached to an aromatic ring is 1. The Hall–Kier alpha value is -1.42. The predicted molar refractivity (Wildman–Crippen MR) is 83.3 cm³/mol. The third-order valence-electron chi connectivity index (χ3n) is 3.67. The van der Waals surface area contributed by atoms with E-state index in [2.05, 4.69) is 21.9 Å². The van der Waals surface area contributed by atoms with Gasteiger partial charge in [-0.3, -0.25) is 4.57 Å². The van der Waals surface area contributed by atoms with E-state index >= 15 is 0 Å². The average molecular weight is 325 g/mol. The number of hydrogen-bond donors (Lipinski definition) is 3. The monoisotopic (exact) mass is 325 g/mol. The van der Waals surface area contributed by atoms with Crippen molar-refractivity contribution in [2.75, 3.05) is 18.1 Å². The van der Waals surface area contributed by atoms with Gasteiger partial charge in [0.15, 0.2) is 17.7 Å². The summed E-state index contributed by atoms with van der Waals surface area (Å²) in [6.07, 6.45) is 2.14. The van der Waals surface area contributed by atoms with E-state index < -0.39 is 18.4 Å². The van der Waals surface area contributed by atoms with Gasteiger partial charge in [0.05, 0.1) is 24.3 Å². The molecule has 3 heterocycles. The Bertz CT molecular complexity index is 652. The van der Waals surface area contributed by atoms with Crippen LogP contribution in [0, 0.1) is 0 Å². The molecule has 0 radical (unpaired) electrons. The van der Waals surface area contributed by atoms with Gasteiger partial charge in [-0.15, -0.1) is 0 Å². The Balaban J connectivity index is 1.97. The van der Waals surface area contributed by atoms with Crippen molar-refractivity contribution in [1.82, 2.24) is 19.5 Å². The fourth-order valence-corrected chi connectivity index (χ4v) is 3.82. The molecule has 3 rings (SSSR count). The molecule has 0 bridgehead atoms. The van der Waals surface area contributed by atoms with Crippen LogP contribution in [0.5, 0.6) is 0 Å². The molecule has 8 nitrogen and oxygen atoms in total. The van der Waals surface area contributed by atoms with Crippen molar-refractivity contribution in [2.45, 2.75) is 37.0 Å². The molecule has 4 atom stereocenters. The van der Waals surface area contributed by atoms with Crippen LogP contribution >= 0.6 is 11.8 Å². The van der Waals surface area contributed by atoms with Crippen LogP contribution in [0.15, 0.2) is 12.7 Å². The molecule has 22 heavy (non-hydrogen) atoms. The van der Waals surface area contributed by atoms with Crippen molar-refractivity contribution < 1.29 is 14.9 Å². The van der Waals surface area contributed by atoms with Crippen LogP contribution in [0.1, 0.15) is 19.6 Å². The summed E-state index contributed by atoms with van der Waals surface area (Å²) < 4.78 is 7.58. The number of nitrogens with two attached hydrogens (primary N) is 1. The number of fused-ring (bicyclic) bond motifs is 1. The average Bonchev–Trinajstić information content (AvgIpc) is 3.07. The normalized spacial score (nSPS) is 28.5. The predicted octanol–water partition coefficient (Wildman–Crippen LogP) is 0.171. The topological polar surface area (TPSA) is 119 Å². The second-order valence-corrected chi connectivity index (χ2v) is 6.44. The Morgan fingerprint density at radius 1 is 1.41 bits per heavy atom. The van der Waals surface area contributed by atoms with Crippen molar-refractivity contribution >= 4 is 28.7 Å².